The second kappa shape index (κ2) is 12.9. The van der Waals surface area contributed by atoms with Crippen LogP contribution in [0.15, 0.2) is 206 Å². The molecule has 8 aromatic carbocycles. The number of aromatic nitrogens is 2. The minimum absolute atomic E-state index is 0.508. The van der Waals surface area contributed by atoms with Gasteiger partial charge in [0.15, 0.2) is 5.82 Å². The van der Waals surface area contributed by atoms with Crippen molar-refractivity contribution < 1.29 is 4.74 Å². The van der Waals surface area contributed by atoms with E-state index >= 15 is 0 Å². The Balaban J connectivity index is 1.09. The Morgan fingerprint density at radius 2 is 0.821 bits per heavy atom. The van der Waals surface area contributed by atoms with Crippen LogP contribution in [0.4, 0.5) is 0 Å². The van der Waals surface area contributed by atoms with Gasteiger partial charge in [-0.2, -0.15) is 0 Å². The number of benzene rings is 8. The molecule has 56 heavy (non-hydrogen) atoms. The smallest absolute Gasteiger partial charge is 0.161 e. The number of rotatable bonds is 5. The monoisotopic (exact) mass is 714 g/mol. The molecule has 11 rings (SSSR count). The summed E-state index contributed by atoms with van der Waals surface area (Å²) in [7, 11) is 0. The molecule has 0 bridgehead atoms. The van der Waals surface area contributed by atoms with Gasteiger partial charge in [0.05, 0.1) is 16.8 Å². The summed E-state index contributed by atoms with van der Waals surface area (Å²) in [6.07, 6.45) is 0. The average molecular weight is 715 g/mol. The number of hydrogen-bond donors (Lipinski definition) is 0. The fourth-order valence-corrected chi connectivity index (χ4v) is 8.92. The van der Waals surface area contributed by atoms with Crippen molar-refractivity contribution in [3.63, 3.8) is 0 Å². The highest BCUT2D eigenvalue weighted by molar-refractivity contribution is 5.90. The third-order valence-electron chi connectivity index (χ3n) is 11.4. The molecule has 2 heterocycles. The highest BCUT2D eigenvalue weighted by Crippen LogP contribution is 2.62. The fraction of sp³-hybridized carbons (Fsp3) is 0.0189. The zero-order chi connectivity index (χ0) is 37.1. The van der Waals surface area contributed by atoms with E-state index in [0.29, 0.717) is 5.82 Å². The maximum Gasteiger partial charge on any atom is 0.161 e. The van der Waals surface area contributed by atoms with E-state index in [0.717, 1.165) is 67.4 Å². The van der Waals surface area contributed by atoms with Crippen molar-refractivity contribution in [1.82, 2.24) is 9.97 Å². The lowest BCUT2D eigenvalue weighted by Crippen LogP contribution is -2.32. The molecule has 262 valence electrons. The molecule has 0 saturated carbocycles. The number of nitrogens with zero attached hydrogens (tertiary/aromatic N) is 2. The molecule has 0 amide bonds. The average Bonchev–Trinajstić information content (AvgIpc) is 3.57. The van der Waals surface area contributed by atoms with Gasteiger partial charge in [-0.3, -0.25) is 0 Å². The van der Waals surface area contributed by atoms with Gasteiger partial charge in [0.1, 0.15) is 11.5 Å². The first-order valence-electron chi connectivity index (χ1n) is 19.1. The Kier molecular flexibility index (Phi) is 7.39. The molecule has 0 atom stereocenters. The summed E-state index contributed by atoms with van der Waals surface area (Å²) in [4.78, 5) is 10.6. The van der Waals surface area contributed by atoms with E-state index in [2.05, 4.69) is 194 Å². The van der Waals surface area contributed by atoms with Gasteiger partial charge in [0.2, 0.25) is 0 Å². The maximum atomic E-state index is 6.87. The SMILES string of the molecule is c1ccc(-c2cccc(-c3cc(-c4ccccc4)nc(-c4ccccc4-c4ccc5c(c4)Oc4ccccc4C54c5ccccc5-c5ccccc54)n3)c2)cc1. The lowest BCUT2D eigenvalue weighted by atomic mass is 9.66. The Morgan fingerprint density at radius 1 is 0.304 bits per heavy atom. The number of fused-ring (bicyclic) bond motifs is 9. The van der Waals surface area contributed by atoms with Gasteiger partial charge < -0.3 is 4.74 Å². The van der Waals surface area contributed by atoms with Crippen LogP contribution >= 0.6 is 0 Å². The normalized spacial score (nSPS) is 12.9. The van der Waals surface area contributed by atoms with E-state index in [9.17, 15) is 0 Å². The van der Waals surface area contributed by atoms with Gasteiger partial charge in [-0.05, 0) is 68.8 Å². The van der Waals surface area contributed by atoms with Crippen LogP contribution in [0.5, 0.6) is 11.5 Å². The van der Waals surface area contributed by atoms with E-state index in [1.165, 1.54) is 27.8 Å². The second-order valence-electron chi connectivity index (χ2n) is 14.5. The molecule has 0 fully saturated rings. The van der Waals surface area contributed by atoms with Crippen LogP contribution < -0.4 is 4.74 Å². The summed E-state index contributed by atoms with van der Waals surface area (Å²) in [6.45, 7) is 0. The molecule has 3 nitrogen and oxygen atoms in total. The number of hydrogen-bond acceptors (Lipinski definition) is 3. The predicted molar refractivity (Wildman–Crippen MR) is 227 cm³/mol. The van der Waals surface area contributed by atoms with Crippen molar-refractivity contribution in [2.45, 2.75) is 5.41 Å². The Morgan fingerprint density at radius 3 is 1.54 bits per heavy atom. The molecule has 2 aliphatic rings. The molecule has 0 unspecified atom stereocenters. The van der Waals surface area contributed by atoms with Crippen molar-refractivity contribution in [1.29, 1.82) is 0 Å². The standard InChI is InChI=1S/C53H34N2O/c1-3-16-35(17-4-1)37-20-15-21-39(32-37)49-34-48(36-18-5-2-6-19-36)54-52(55-49)43-25-8-7-22-40(43)38-30-31-47-51(33-38)56-50-29-14-13-28-46(50)53(47)44-26-11-9-23-41(44)42-24-10-12-27-45(42)53/h1-34H. The van der Waals surface area contributed by atoms with E-state index in [1.807, 2.05) is 12.1 Å². The van der Waals surface area contributed by atoms with Crippen molar-refractivity contribution in [3.05, 3.63) is 229 Å². The molecule has 0 N–H and O–H groups in total. The molecule has 3 heteroatoms. The Hall–Kier alpha value is -7.36. The van der Waals surface area contributed by atoms with Gasteiger partial charge in [0, 0.05) is 27.8 Å². The Labute approximate surface area is 326 Å². The molecular weight excluding hydrogens is 681 g/mol. The van der Waals surface area contributed by atoms with Crippen molar-refractivity contribution in [3.8, 4) is 78.8 Å². The van der Waals surface area contributed by atoms with Gasteiger partial charge in [-0.15, -0.1) is 0 Å². The minimum atomic E-state index is -0.508. The quantitative estimate of drug-likeness (QED) is 0.178. The van der Waals surface area contributed by atoms with Crippen LogP contribution in [-0.2, 0) is 5.41 Å². The molecule has 0 saturated heterocycles. The van der Waals surface area contributed by atoms with Crippen LogP contribution in [0.3, 0.4) is 0 Å². The van der Waals surface area contributed by atoms with Crippen LogP contribution in [-0.4, -0.2) is 9.97 Å². The van der Waals surface area contributed by atoms with E-state index in [4.69, 9.17) is 14.7 Å². The largest absolute Gasteiger partial charge is 0.457 e. The lowest BCUT2D eigenvalue weighted by Gasteiger charge is -2.39. The zero-order valence-corrected chi connectivity index (χ0v) is 30.4. The Bertz CT molecular complexity index is 2910. The van der Waals surface area contributed by atoms with Gasteiger partial charge >= 0.3 is 0 Å². The van der Waals surface area contributed by atoms with E-state index < -0.39 is 5.41 Å². The summed E-state index contributed by atoms with van der Waals surface area (Å²) in [5.74, 6) is 2.39. The van der Waals surface area contributed by atoms with E-state index in [1.54, 1.807) is 0 Å². The maximum absolute atomic E-state index is 6.87. The molecule has 9 aromatic rings. The second-order valence-corrected chi connectivity index (χ2v) is 14.5. The van der Waals surface area contributed by atoms with Crippen LogP contribution in [0, 0.1) is 0 Å². The van der Waals surface area contributed by atoms with E-state index in [-0.39, 0.29) is 0 Å². The number of para-hydroxylation sites is 1. The molecular formula is C53H34N2O. The van der Waals surface area contributed by atoms with Gasteiger partial charge in [-0.1, -0.05) is 182 Å². The molecule has 1 spiro atoms. The fourth-order valence-electron chi connectivity index (χ4n) is 8.92. The summed E-state index contributed by atoms with van der Waals surface area (Å²) in [5, 5.41) is 0. The molecule has 0 radical (unpaired) electrons. The first-order valence-corrected chi connectivity index (χ1v) is 19.1. The minimum Gasteiger partial charge on any atom is -0.457 e. The lowest BCUT2D eigenvalue weighted by molar-refractivity contribution is 0.436. The topological polar surface area (TPSA) is 35.0 Å². The summed E-state index contributed by atoms with van der Waals surface area (Å²) in [6, 6.07) is 72.9. The first-order chi connectivity index (χ1) is 27.8. The van der Waals surface area contributed by atoms with Crippen LogP contribution in [0.1, 0.15) is 22.3 Å². The predicted octanol–water partition coefficient (Wildman–Crippen LogP) is 13.3. The summed E-state index contributed by atoms with van der Waals surface area (Å²) < 4.78 is 6.87. The molecule has 1 aliphatic heterocycles. The third kappa shape index (κ3) is 4.98. The summed E-state index contributed by atoms with van der Waals surface area (Å²) in [5.41, 5.74) is 16.0. The highest BCUT2D eigenvalue weighted by Gasteiger charge is 2.50. The van der Waals surface area contributed by atoms with Gasteiger partial charge in [-0.25, -0.2) is 9.97 Å². The first kappa shape index (κ1) is 32.1. The molecule has 1 aliphatic carbocycles. The van der Waals surface area contributed by atoms with Crippen molar-refractivity contribution in [2.24, 2.45) is 0 Å². The van der Waals surface area contributed by atoms with Crippen molar-refractivity contribution >= 4 is 0 Å². The molecule has 1 aromatic heterocycles. The van der Waals surface area contributed by atoms with Crippen LogP contribution in [0.25, 0.3) is 67.3 Å². The van der Waals surface area contributed by atoms with Crippen molar-refractivity contribution in [2.75, 3.05) is 0 Å². The third-order valence-corrected chi connectivity index (χ3v) is 11.4. The zero-order valence-electron chi connectivity index (χ0n) is 30.4. The van der Waals surface area contributed by atoms with Gasteiger partial charge in [0.25, 0.3) is 0 Å². The highest BCUT2D eigenvalue weighted by atomic mass is 16.5. The summed E-state index contributed by atoms with van der Waals surface area (Å²) >= 11 is 0. The number of ether oxygens (including phenoxy) is 1. The van der Waals surface area contributed by atoms with Crippen LogP contribution in [0.2, 0.25) is 0 Å².